The monoisotopic (exact) mass is 317 g/mol. The molecular weight excluding hydrogens is 298 g/mol. The number of rotatable bonds is 6. The van der Waals surface area contributed by atoms with Crippen molar-refractivity contribution in [3.63, 3.8) is 0 Å². The quantitative estimate of drug-likeness (QED) is 0.725. The lowest BCUT2D eigenvalue weighted by atomic mass is 9.99. The topological polar surface area (TPSA) is 117 Å². The molecule has 0 bridgehead atoms. The van der Waals surface area contributed by atoms with E-state index in [9.17, 15) is 13.2 Å². The van der Waals surface area contributed by atoms with Gasteiger partial charge in [-0.15, -0.1) is 5.10 Å². The highest BCUT2D eigenvalue weighted by Gasteiger charge is 2.30. The third-order valence-electron chi connectivity index (χ3n) is 3.58. The van der Waals surface area contributed by atoms with Crippen LogP contribution in [0.5, 0.6) is 0 Å². The zero-order valence-electron chi connectivity index (χ0n) is 11.8. The summed E-state index contributed by atoms with van der Waals surface area (Å²) in [6.07, 6.45) is 2.19. The number of carboxylic acids is 1. The molecule has 2 heterocycles. The molecule has 0 spiro atoms. The molecule has 0 amide bonds. The minimum Gasteiger partial charge on any atom is -0.481 e. The van der Waals surface area contributed by atoms with Crippen LogP contribution in [0.2, 0.25) is 0 Å². The summed E-state index contributed by atoms with van der Waals surface area (Å²) in [7, 11) is -3.61. The fraction of sp³-hybridized carbons (Fsp3) is 0.727. The van der Waals surface area contributed by atoms with E-state index in [2.05, 4.69) is 15.0 Å². The Hall–Kier alpha value is -1.52. The summed E-state index contributed by atoms with van der Waals surface area (Å²) in [5, 5.41) is 16.5. The molecule has 9 nitrogen and oxygen atoms in total. The summed E-state index contributed by atoms with van der Waals surface area (Å²) >= 11 is 0. The summed E-state index contributed by atoms with van der Waals surface area (Å²) in [6.45, 7) is 3.06. The van der Waals surface area contributed by atoms with Gasteiger partial charge in [0, 0.05) is 19.6 Å². The van der Waals surface area contributed by atoms with Crippen molar-refractivity contribution in [2.45, 2.75) is 32.9 Å². The van der Waals surface area contributed by atoms with E-state index in [1.54, 1.807) is 4.68 Å². The first-order chi connectivity index (χ1) is 9.94. The third kappa shape index (κ3) is 3.77. The number of hydrogen-bond donors (Lipinski definition) is 2. The Morgan fingerprint density at radius 3 is 2.71 bits per heavy atom. The first kappa shape index (κ1) is 15.9. The van der Waals surface area contributed by atoms with Crippen LogP contribution in [0.3, 0.4) is 0 Å². The molecule has 2 rings (SSSR count). The normalized spacial score (nSPS) is 18.0. The predicted molar refractivity (Wildman–Crippen MR) is 73.4 cm³/mol. The van der Waals surface area contributed by atoms with E-state index >= 15 is 0 Å². The molecule has 0 atom stereocenters. The number of nitrogens with one attached hydrogen (secondary N) is 1. The van der Waals surface area contributed by atoms with Crippen LogP contribution in [0.15, 0.2) is 6.20 Å². The van der Waals surface area contributed by atoms with Crippen LogP contribution in [0.25, 0.3) is 0 Å². The first-order valence-corrected chi connectivity index (χ1v) is 8.23. The molecule has 2 N–H and O–H groups in total. The average Bonchev–Trinajstić information content (AvgIpc) is 2.93. The van der Waals surface area contributed by atoms with Crippen LogP contribution in [0, 0.1) is 5.92 Å². The van der Waals surface area contributed by atoms with E-state index in [-0.39, 0.29) is 19.6 Å². The van der Waals surface area contributed by atoms with Crippen LogP contribution >= 0.6 is 0 Å². The molecule has 1 fully saturated rings. The Bertz CT molecular complexity index is 592. The Kier molecular flexibility index (Phi) is 4.91. The molecule has 10 heteroatoms. The van der Waals surface area contributed by atoms with Gasteiger partial charge in [-0.2, -0.15) is 17.4 Å². The third-order valence-corrected chi connectivity index (χ3v) is 5.13. The molecule has 0 unspecified atom stereocenters. The van der Waals surface area contributed by atoms with Gasteiger partial charge in [-0.3, -0.25) is 4.79 Å². The summed E-state index contributed by atoms with van der Waals surface area (Å²) in [5.74, 6) is -1.32. The molecule has 1 aromatic heterocycles. The molecule has 0 aliphatic carbocycles. The van der Waals surface area contributed by atoms with E-state index in [0.29, 0.717) is 25.1 Å². The van der Waals surface area contributed by atoms with Crippen LogP contribution < -0.4 is 4.72 Å². The van der Waals surface area contributed by atoms with Crippen molar-refractivity contribution in [1.29, 1.82) is 0 Å². The van der Waals surface area contributed by atoms with Crippen molar-refractivity contribution in [1.82, 2.24) is 24.0 Å². The lowest BCUT2D eigenvalue weighted by Gasteiger charge is -2.29. The minimum atomic E-state index is -3.61. The predicted octanol–water partition coefficient (Wildman–Crippen LogP) is -0.571. The number of nitrogens with zero attached hydrogens (tertiary/aromatic N) is 4. The second kappa shape index (κ2) is 6.50. The Morgan fingerprint density at radius 1 is 1.48 bits per heavy atom. The molecular formula is C11H19N5O4S. The van der Waals surface area contributed by atoms with E-state index in [4.69, 9.17) is 5.11 Å². The lowest BCUT2D eigenvalue weighted by Crippen LogP contribution is -2.45. The van der Waals surface area contributed by atoms with Gasteiger partial charge in [0.2, 0.25) is 0 Å². The fourth-order valence-electron chi connectivity index (χ4n) is 2.28. The van der Waals surface area contributed by atoms with Gasteiger partial charge in [-0.05, 0) is 19.8 Å². The summed E-state index contributed by atoms with van der Waals surface area (Å²) < 4.78 is 29.7. The van der Waals surface area contributed by atoms with Crippen molar-refractivity contribution in [2.24, 2.45) is 5.92 Å². The Morgan fingerprint density at radius 2 is 2.14 bits per heavy atom. The van der Waals surface area contributed by atoms with Crippen molar-refractivity contribution in [2.75, 3.05) is 13.1 Å². The number of carboxylic acid groups (broad SMARTS) is 1. The van der Waals surface area contributed by atoms with Crippen molar-refractivity contribution < 1.29 is 18.3 Å². The van der Waals surface area contributed by atoms with Crippen molar-refractivity contribution in [3.8, 4) is 0 Å². The number of aromatic nitrogens is 3. The first-order valence-electron chi connectivity index (χ1n) is 6.79. The van der Waals surface area contributed by atoms with Crippen LogP contribution in [-0.4, -0.2) is 51.9 Å². The SMILES string of the molecule is CCn1nncc1CNS(=O)(=O)N1CCC(C(=O)O)CC1. The summed E-state index contributed by atoms with van der Waals surface area (Å²) in [4.78, 5) is 10.9. The van der Waals surface area contributed by atoms with Gasteiger partial charge in [0.1, 0.15) is 0 Å². The lowest BCUT2D eigenvalue weighted by molar-refractivity contribution is -0.142. The zero-order valence-corrected chi connectivity index (χ0v) is 12.6. The molecule has 1 aliphatic rings. The average molecular weight is 317 g/mol. The van der Waals surface area contributed by atoms with Gasteiger partial charge in [0.25, 0.3) is 10.2 Å². The maximum atomic E-state index is 12.2. The highest BCUT2D eigenvalue weighted by molar-refractivity contribution is 7.87. The largest absolute Gasteiger partial charge is 0.481 e. The zero-order chi connectivity index (χ0) is 15.5. The van der Waals surface area contributed by atoms with Crippen LogP contribution in [0.1, 0.15) is 25.5 Å². The van der Waals surface area contributed by atoms with Gasteiger partial charge in [-0.25, -0.2) is 4.68 Å². The van der Waals surface area contributed by atoms with E-state index in [1.807, 2.05) is 6.92 Å². The molecule has 0 aromatic carbocycles. The van der Waals surface area contributed by atoms with Crippen LogP contribution in [-0.2, 0) is 28.1 Å². The Balaban J connectivity index is 1.92. The number of aliphatic carboxylic acids is 1. The van der Waals surface area contributed by atoms with Gasteiger partial charge < -0.3 is 5.11 Å². The molecule has 1 saturated heterocycles. The minimum absolute atomic E-state index is 0.113. The number of aryl methyl sites for hydroxylation is 1. The molecule has 21 heavy (non-hydrogen) atoms. The Labute approximate surface area is 123 Å². The number of piperidine rings is 1. The summed E-state index contributed by atoms with van der Waals surface area (Å²) in [5.41, 5.74) is 0.682. The van der Waals surface area contributed by atoms with Crippen molar-refractivity contribution >= 4 is 16.2 Å². The molecule has 0 saturated carbocycles. The molecule has 1 aromatic rings. The number of hydrogen-bond acceptors (Lipinski definition) is 5. The van der Waals surface area contributed by atoms with Gasteiger partial charge >= 0.3 is 5.97 Å². The second-order valence-corrected chi connectivity index (χ2v) is 6.63. The highest BCUT2D eigenvalue weighted by Crippen LogP contribution is 2.19. The highest BCUT2D eigenvalue weighted by atomic mass is 32.2. The molecule has 1 aliphatic heterocycles. The van der Waals surface area contributed by atoms with Gasteiger partial charge in [0.15, 0.2) is 0 Å². The van der Waals surface area contributed by atoms with Crippen LogP contribution in [0.4, 0.5) is 0 Å². The fourth-order valence-corrected chi connectivity index (χ4v) is 3.49. The number of carbonyl (C=O) groups is 1. The smallest absolute Gasteiger partial charge is 0.306 e. The van der Waals surface area contributed by atoms with E-state index < -0.39 is 22.1 Å². The molecule has 0 radical (unpaired) electrons. The van der Waals surface area contributed by atoms with Crippen molar-refractivity contribution in [3.05, 3.63) is 11.9 Å². The van der Waals surface area contributed by atoms with E-state index in [1.165, 1.54) is 10.5 Å². The van der Waals surface area contributed by atoms with E-state index in [0.717, 1.165) is 0 Å². The van der Waals surface area contributed by atoms with Gasteiger partial charge in [-0.1, -0.05) is 5.21 Å². The molecule has 118 valence electrons. The maximum absolute atomic E-state index is 12.2. The standard InChI is InChI=1S/C11H19N5O4S/c1-2-16-10(7-12-14-16)8-13-21(19,20)15-5-3-9(4-6-15)11(17)18/h7,9,13H,2-6,8H2,1H3,(H,17,18). The maximum Gasteiger partial charge on any atom is 0.306 e. The second-order valence-electron chi connectivity index (χ2n) is 4.88. The van der Waals surface area contributed by atoms with Gasteiger partial charge in [0.05, 0.1) is 24.4 Å². The summed E-state index contributed by atoms with van der Waals surface area (Å²) in [6, 6.07) is 0.